The van der Waals surface area contributed by atoms with Gasteiger partial charge in [-0.15, -0.1) is 0 Å². The van der Waals surface area contributed by atoms with Crippen LogP contribution < -0.4 is 10.0 Å². The maximum atomic E-state index is 11.4. The maximum absolute atomic E-state index is 11.4. The van der Waals surface area contributed by atoms with Crippen LogP contribution in [0.3, 0.4) is 0 Å². The first-order valence-corrected chi connectivity index (χ1v) is 5.21. The Balaban J connectivity index is 3.21. The number of methoxy groups -OCH3 is 1. The largest absolute Gasteiger partial charge is 0.496 e. The van der Waals surface area contributed by atoms with Gasteiger partial charge in [-0.1, -0.05) is 12.1 Å². The molecule has 0 saturated carbocycles. The van der Waals surface area contributed by atoms with Gasteiger partial charge < -0.3 is 14.2 Å². The molecule has 0 saturated heterocycles. The Morgan fingerprint density at radius 2 is 1.92 bits per heavy atom. The fourth-order valence-electron chi connectivity index (χ4n) is 0.962. The number of hydrogen-bond acceptors (Lipinski definition) is 3. The number of benzene rings is 1. The first kappa shape index (κ1) is 10.3. The predicted molar refractivity (Wildman–Crippen MR) is 49.5 cm³/mol. The van der Waals surface area contributed by atoms with Crippen LogP contribution in [0.2, 0.25) is 0 Å². The van der Waals surface area contributed by atoms with Gasteiger partial charge in [-0.25, -0.2) is 0 Å². The lowest BCUT2D eigenvalue weighted by Crippen LogP contribution is -2.08. The predicted octanol–water partition coefficient (Wildman–Crippen LogP) is 1.15. The van der Waals surface area contributed by atoms with E-state index in [4.69, 9.17) is 4.74 Å². The highest BCUT2D eigenvalue weighted by Crippen LogP contribution is 2.42. The van der Waals surface area contributed by atoms with E-state index in [0.29, 0.717) is 5.75 Å². The molecule has 0 aliphatic rings. The van der Waals surface area contributed by atoms with Gasteiger partial charge >= 0.3 is 7.60 Å². The molecular weight excluding hydrogens is 191 g/mol. The van der Waals surface area contributed by atoms with Crippen LogP contribution in [0.1, 0.15) is 0 Å². The van der Waals surface area contributed by atoms with Gasteiger partial charge in [-0.3, -0.25) is 4.57 Å². The van der Waals surface area contributed by atoms with Gasteiger partial charge in [0.05, 0.1) is 7.11 Å². The van der Waals surface area contributed by atoms with E-state index < -0.39 is 7.60 Å². The first-order chi connectivity index (χ1) is 6.11. The van der Waals surface area contributed by atoms with E-state index in [1.165, 1.54) is 20.3 Å². The fourth-order valence-corrected chi connectivity index (χ4v) is 1.88. The molecule has 0 spiro atoms. The van der Waals surface area contributed by atoms with E-state index in [1.54, 1.807) is 18.2 Å². The molecule has 0 fully saturated rings. The van der Waals surface area contributed by atoms with E-state index in [-0.39, 0.29) is 5.30 Å². The molecule has 13 heavy (non-hydrogen) atoms. The maximum Gasteiger partial charge on any atom is 0.362 e. The first-order valence-electron chi connectivity index (χ1n) is 3.64. The summed E-state index contributed by atoms with van der Waals surface area (Å²) in [6.07, 6.45) is 0. The third-order valence-electron chi connectivity index (χ3n) is 1.64. The Hall–Kier alpha value is -0.830. The Kier molecular flexibility index (Phi) is 3.09. The minimum absolute atomic E-state index is 0.181. The Bertz CT molecular complexity index is 337. The molecule has 0 aromatic heterocycles. The monoisotopic (exact) mass is 202 g/mol. The third kappa shape index (κ3) is 2.10. The van der Waals surface area contributed by atoms with Crippen LogP contribution in [0.4, 0.5) is 0 Å². The average molecular weight is 202 g/mol. The van der Waals surface area contributed by atoms with Crippen LogP contribution in [0, 0.1) is 0 Å². The lowest BCUT2D eigenvalue weighted by molar-refractivity contribution is 0.326. The molecule has 0 heterocycles. The van der Waals surface area contributed by atoms with E-state index in [1.807, 2.05) is 0 Å². The summed E-state index contributed by atoms with van der Waals surface area (Å²) in [4.78, 5) is 9.36. The van der Waals surface area contributed by atoms with Crippen LogP contribution in [0.5, 0.6) is 5.75 Å². The highest BCUT2D eigenvalue weighted by Gasteiger charge is 2.24. The van der Waals surface area contributed by atoms with Gasteiger partial charge in [-0.05, 0) is 12.1 Å². The van der Waals surface area contributed by atoms with Crippen molar-refractivity contribution in [2.45, 2.75) is 0 Å². The van der Waals surface area contributed by atoms with Gasteiger partial charge in [0.2, 0.25) is 0 Å². The second kappa shape index (κ2) is 3.92. The van der Waals surface area contributed by atoms with Crippen molar-refractivity contribution in [3.05, 3.63) is 24.3 Å². The van der Waals surface area contributed by atoms with Crippen LogP contribution in [0.25, 0.3) is 0 Å². The standard InChI is InChI=1S/C8H11O4P/c1-11-7-5-3-4-6-8(7)13(9,10)12-2/h3-6H,1-2H3,(H,9,10). The Morgan fingerprint density at radius 3 is 2.46 bits per heavy atom. The van der Waals surface area contributed by atoms with Crippen molar-refractivity contribution in [1.82, 2.24) is 0 Å². The summed E-state index contributed by atoms with van der Waals surface area (Å²) in [7, 11) is -1.08. The molecule has 0 radical (unpaired) electrons. The lowest BCUT2D eigenvalue weighted by Gasteiger charge is -2.12. The number of ether oxygens (including phenoxy) is 1. The van der Waals surface area contributed by atoms with Crippen molar-refractivity contribution in [1.29, 1.82) is 0 Å². The van der Waals surface area contributed by atoms with Crippen LogP contribution >= 0.6 is 7.60 Å². The molecule has 1 unspecified atom stereocenters. The SMILES string of the molecule is COc1ccccc1P(=O)(O)OC. The highest BCUT2D eigenvalue weighted by atomic mass is 31.2. The van der Waals surface area contributed by atoms with E-state index in [2.05, 4.69) is 4.52 Å². The van der Waals surface area contributed by atoms with Gasteiger partial charge in [0.15, 0.2) is 0 Å². The zero-order valence-electron chi connectivity index (χ0n) is 7.43. The summed E-state index contributed by atoms with van der Waals surface area (Å²) in [6, 6.07) is 6.48. The zero-order chi connectivity index (χ0) is 9.90. The molecule has 1 rings (SSSR count). The Morgan fingerprint density at radius 1 is 1.31 bits per heavy atom. The van der Waals surface area contributed by atoms with Crippen LogP contribution in [-0.4, -0.2) is 19.1 Å². The second-order valence-corrected chi connectivity index (χ2v) is 4.26. The summed E-state index contributed by atoms with van der Waals surface area (Å²) in [5.74, 6) is 0.357. The van der Waals surface area contributed by atoms with Crippen molar-refractivity contribution < 1.29 is 18.7 Å². The molecule has 0 aliphatic carbocycles. The van der Waals surface area contributed by atoms with Crippen molar-refractivity contribution in [2.75, 3.05) is 14.2 Å². The molecule has 1 aromatic carbocycles. The summed E-state index contributed by atoms with van der Waals surface area (Å²) >= 11 is 0. The summed E-state index contributed by atoms with van der Waals surface area (Å²) < 4.78 is 20.8. The lowest BCUT2D eigenvalue weighted by atomic mass is 10.3. The van der Waals surface area contributed by atoms with E-state index >= 15 is 0 Å². The third-order valence-corrected chi connectivity index (χ3v) is 3.11. The molecule has 5 heteroatoms. The molecule has 1 N–H and O–H groups in total. The van der Waals surface area contributed by atoms with Crippen LogP contribution in [0.15, 0.2) is 24.3 Å². The quantitative estimate of drug-likeness (QED) is 0.747. The summed E-state index contributed by atoms with van der Waals surface area (Å²) in [5, 5.41) is 0.181. The molecule has 72 valence electrons. The Labute approximate surface area is 76.6 Å². The summed E-state index contributed by atoms with van der Waals surface area (Å²) in [5.41, 5.74) is 0. The number of rotatable bonds is 3. The number of para-hydroxylation sites is 1. The van der Waals surface area contributed by atoms with Crippen molar-refractivity contribution in [3.63, 3.8) is 0 Å². The van der Waals surface area contributed by atoms with E-state index in [9.17, 15) is 9.46 Å². The minimum Gasteiger partial charge on any atom is -0.496 e. The van der Waals surface area contributed by atoms with Gasteiger partial charge in [0, 0.05) is 7.11 Å². The van der Waals surface area contributed by atoms with Crippen molar-refractivity contribution in [2.24, 2.45) is 0 Å². The van der Waals surface area contributed by atoms with Gasteiger partial charge in [0.1, 0.15) is 11.1 Å². The molecule has 0 aliphatic heterocycles. The zero-order valence-corrected chi connectivity index (χ0v) is 8.32. The fraction of sp³-hybridized carbons (Fsp3) is 0.250. The number of hydrogen-bond donors (Lipinski definition) is 1. The molecule has 4 nitrogen and oxygen atoms in total. The normalized spacial score (nSPS) is 15.0. The van der Waals surface area contributed by atoms with Gasteiger partial charge in [-0.2, -0.15) is 0 Å². The molecule has 0 bridgehead atoms. The van der Waals surface area contributed by atoms with Gasteiger partial charge in [0.25, 0.3) is 0 Å². The average Bonchev–Trinajstić information content (AvgIpc) is 2.18. The molecular formula is C8H11O4P. The van der Waals surface area contributed by atoms with E-state index in [0.717, 1.165) is 0 Å². The smallest absolute Gasteiger partial charge is 0.362 e. The highest BCUT2D eigenvalue weighted by molar-refractivity contribution is 7.61. The molecule has 0 amide bonds. The van der Waals surface area contributed by atoms with Crippen molar-refractivity contribution in [3.8, 4) is 5.75 Å². The molecule has 1 aromatic rings. The van der Waals surface area contributed by atoms with Crippen LogP contribution in [-0.2, 0) is 9.09 Å². The second-order valence-electron chi connectivity index (χ2n) is 2.37. The van der Waals surface area contributed by atoms with Crippen molar-refractivity contribution >= 4 is 12.9 Å². The topological polar surface area (TPSA) is 55.8 Å². The summed E-state index contributed by atoms with van der Waals surface area (Å²) in [6.45, 7) is 0. The minimum atomic E-state index is -3.70. The molecule has 1 atom stereocenters.